The first-order valence-corrected chi connectivity index (χ1v) is 7.70. The van der Waals surface area contributed by atoms with Crippen LogP contribution in [-0.4, -0.2) is 36.4 Å². The summed E-state index contributed by atoms with van der Waals surface area (Å²) < 4.78 is 5.26. The number of carbonyl (C=O) groups excluding carboxylic acids is 1. The van der Waals surface area contributed by atoms with Crippen LogP contribution in [-0.2, 0) is 0 Å². The molecule has 0 spiro atoms. The molecular formula is C15H21Cl2NO2. The largest absolute Gasteiger partial charge is 0.496 e. The van der Waals surface area contributed by atoms with Gasteiger partial charge in [-0.15, -0.1) is 11.6 Å². The molecule has 0 saturated carbocycles. The highest BCUT2D eigenvalue weighted by atomic mass is 35.5. The van der Waals surface area contributed by atoms with Gasteiger partial charge in [0.2, 0.25) is 0 Å². The number of amides is 1. The fourth-order valence-electron chi connectivity index (χ4n) is 2.27. The van der Waals surface area contributed by atoms with Gasteiger partial charge in [-0.25, -0.2) is 0 Å². The van der Waals surface area contributed by atoms with Gasteiger partial charge in [0, 0.05) is 23.5 Å². The standard InChI is InChI=1S/C15H21Cl2NO2/c1-4-12(5-2)18(9-8-16)15(19)13-10-11(17)6-7-14(13)20-3/h6-7,10,12H,4-5,8-9H2,1-3H3. The number of halogens is 2. The summed E-state index contributed by atoms with van der Waals surface area (Å²) in [5.74, 6) is 0.856. The molecule has 0 aliphatic heterocycles. The topological polar surface area (TPSA) is 29.5 Å². The molecule has 0 aliphatic carbocycles. The molecule has 1 aromatic rings. The predicted octanol–water partition coefficient (Wildman–Crippen LogP) is 4.22. The molecule has 112 valence electrons. The minimum atomic E-state index is -0.0845. The number of hydrogen-bond acceptors (Lipinski definition) is 2. The molecule has 1 aromatic carbocycles. The van der Waals surface area contributed by atoms with Crippen LogP contribution in [0.25, 0.3) is 0 Å². The molecule has 0 bridgehead atoms. The Balaban J connectivity index is 3.14. The number of rotatable bonds is 7. The van der Waals surface area contributed by atoms with E-state index in [0.29, 0.717) is 28.8 Å². The summed E-state index contributed by atoms with van der Waals surface area (Å²) in [6.07, 6.45) is 1.78. The van der Waals surface area contributed by atoms with E-state index in [2.05, 4.69) is 13.8 Å². The molecule has 20 heavy (non-hydrogen) atoms. The first kappa shape index (κ1) is 17.1. The Labute approximate surface area is 130 Å². The molecule has 0 heterocycles. The van der Waals surface area contributed by atoms with Crippen molar-refractivity contribution in [1.29, 1.82) is 0 Å². The number of alkyl halides is 1. The minimum Gasteiger partial charge on any atom is -0.496 e. The van der Waals surface area contributed by atoms with E-state index in [1.54, 1.807) is 30.2 Å². The second-order valence-corrected chi connectivity index (χ2v) is 5.32. The van der Waals surface area contributed by atoms with Crippen LogP contribution < -0.4 is 4.74 Å². The van der Waals surface area contributed by atoms with Gasteiger partial charge in [-0.05, 0) is 31.0 Å². The van der Waals surface area contributed by atoms with Crippen molar-refractivity contribution in [3.63, 3.8) is 0 Å². The van der Waals surface area contributed by atoms with Crippen molar-refractivity contribution >= 4 is 29.1 Å². The lowest BCUT2D eigenvalue weighted by Gasteiger charge is -2.30. The zero-order valence-electron chi connectivity index (χ0n) is 12.2. The fraction of sp³-hybridized carbons (Fsp3) is 0.533. The van der Waals surface area contributed by atoms with Crippen molar-refractivity contribution in [3.05, 3.63) is 28.8 Å². The maximum Gasteiger partial charge on any atom is 0.257 e. The van der Waals surface area contributed by atoms with E-state index in [-0.39, 0.29) is 11.9 Å². The monoisotopic (exact) mass is 317 g/mol. The SMILES string of the molecule is CCC(CC)N(CCCl)C(=O)c1cc(Cl)ccc1OC. The summed E-state index contributed by atoms with van der Waals surface area (Å²) in [4.78, 5) is 14.6. The number of ether oxygens (including phenoxy) is 1. The van der Waals surface area contributed by atoms with Gasteiger partial charge in [0.05, 0.1) is 12.7 Å². The minimum absolute atomic E-state index is 0.0845. The second-order valence-electron chi connectivity index (χ2n) is 4.50. The summed E-state index contributed by atoms with van der Waals surface area (Å²) in [6, 6.07) is 5.23. The number of carbonyl (C=O) groups is 1. The number of benzene rings is 1. The van der Waals surface area contributed by atoms with Crippen LogP contribution in [0.4, 0.5) is 0 Å². The third kappa shape index (κ3) is 4.03. The number of methoxy groups -OCH3 is 1. The van der Waals surface area contributed by atoms with Gasteiger partial charge < -0.3 is 9.64 Å². The molecule has 0 radical (unpaired) electrons. The molecule has 0 N–H and O–H groups in total. The maximum atomic E-state index is 12.8. The average molecular weight is 318 g/mol. The van der Waals surface area contributed by atoms with Crippen molar-refractivity contribution < 1.29 is 9.53 Å². The Hall–Kier alpha value is -0.930. The number of nitrogens with zero attached hydrogens (tertiary/aromatic N) is 1. The van der Waals surface area contributed by atoms with Crippen molar-refractivity contribution in [3.8, 4) is 5.75 Å². The molecule has 0 aromatic heterocycles. The Morgan fingerprint density at radius 1 is 1.35 bits per heavy atom. The normalized spacial score (nSPS) is 10.7. The van der Waals surface area contributed by atoms with E-state index >= 15 is 0 Å². The molecule has 0 fully saturated rings. The average Bonchev–Trinajstić information content (AvgIpc) is 2.46. The van der Waals surface area contributed by atoms with Crippen molar-refractivity contribution in [2.75, 3.05) is 19.5 Å². The lowest BCUT2D eigenvalue weighted by molar-refractivity contribution is 0.0678. The molecular weight excluding hydrogens is 297 g/mol. The van der Waals surface area contributed by atoms with Crippen molar-refractivity contribution in [2.24, 2.45) is 0 Å². The molecule has 3 nitrogen and oxygen atoms in total. The van der Waals surface area contributed by atoms with Gasteiger partial charge in [0.25, 0.3) is 5.91 Å². The van der Waals surface area contributed by atoms with E-state index in [1.807, 2.05) is 0 Å². The maximum absolute atomic E-state index is 12.8. The van der Waals surface area contributed by atoms with E-state index in [9.17, 15) is 4.79 Å². The Kier molecular flexibility index (Phi) is 7.17. The first-order chi connectivity index (χ1) is 9.58. The Morgan fingerprint density at radius 2 is 2.00 bits per heavy atom. The van der Waals surface area contributed by atoms with Crippen molar-refractivity contribution in [2.45, 2.75) is 32.7 Å². The quantitative estimate of drug-likeness (QED) is 0.705. The van der Waals surface area contributed by atoms with E-state index in [1.165, 1.54) is 0 Å². The van der Waals surface area contributed by atoms with Crippen LogP contribution in [0.5, 0.6) is 5.75 Å². The first-order valence-electron chi connectivity index (χ1n) is 6.79. The van der Waals surface area contributed by atoms with Gasteiger partial charge in [-0.1, -0.05) is 25.4 Å². The van der Waals surface area contributed by atoms with Crippen LogP contribution in [0.2, 0.25) is 5.02 Å². The lowest BCUT2D eigenvalue weighted by Crippen LogP contribution is -2.41. The summed E-state index contributed by atoms with van der Waals surface area (Å²) in [5.41, 5.74) is 0.483. The van der Waals surface area contributed by atoms with E-state index in [4.69, 9.17) is 27.9 Å². The molecule has 0 saturated heterocycles. The fourth-order valence-corrected chi connectivity index (χ4v) is 2.63. The van der Waals surface area contributed by atoms with Gasteiger partial charge in [0.15, 0.2) is 0 Å². The highest BCUT2D eigenvalue weighted by molar-refractivity contribution is 6.31. The lowest BCUT2D eigenvalue weighted by atomic mass is 10.1. The summed E-state index contributed by atoms with van der Waals surface area (Å²) in [6.45, 7) is 4.65. The Bertz CT molecular complexity index is 447. The molecule has 0 aliphatic rings. The predicted molar refractivity (Wildman–Crippen MR) is 84.1 cm³/mol. The third-order valence-corrected chi connectivity index (χ3v) is 3.77. The highest BCUT2D eigenvalue weighted by Crippen LogP contribution is 2.25. The molecule has 0 unspecified atom stereocenters. The van der Waals surface area contributed by atoms with Crippen LogP contribution in [0.3, 0.4) is 0 Å². The number of hydrogen-bond donors (Lipinski definition) is 0. The van der Waals surface area contributed by atoms with Crippen LogP contribution in [0, 0.1) is 0 Å². The molecule has 1 amide bonds. The van der Waals surface area contributed by atoms with E-state index in [0.717, 1.165) is 12.8 Å². The molecule has 1 rings (SSSR count). The molecule has 0 atom stereocenters. The zero-order chi connectivity index (χ0) is 15.1. The van der Waals surface area contributed by atoms with Gasteiger partial charge in [0.1, 0.15) is 5.75 Å². The Morgan fingerprint density at radius 3 is 2.50 bits per heavy atom. The summed E-state index contributed by atoms with van der Waals surface area (Å²) in [5, 5.41) is 0.518. The van der Waals surface area contributed by atoms with Gasteiger partial charge in [-0.3, -0.25) is 4.79 Å². The zero-order valence-corrected chi connectivity index (χ0v) is 13.7. The van der Waals surface area contributed by atoms with Gasteiger partial charge in [-0.2, -0.15) is 0 Å². The van der Waals surface area contributed by atoms with Crippen LogP contribution >= 0.6 is 23.2 Å². The highest BCUT2D eigenvalue weighted by Gasteiger charge is 2.24. The second kappa shape index (κ2) is 8.38. The third-order valence-electron chi connectivity index (χ3n) is 3.36. The summed E-state index contributed by atoms with van der Waals surface area (Å²) in [7, 11) is 1.54. The van der Waals surface area contributed by atoms with Crippen LogP contribution in [0.15, 0.2) is 18.2 Å². The van der Waals surface area contributed by atoms with E-state index < -0.39 is 0 Å². The van der Waals surface area contributed by atoms with Crippen molar-refractivity contribution in [1.82, 2.24) is 4.90 Å². The van der Waals surface area contributed by atoms with Crippen LogP contribution in [0.1, 0.15) is 37.0 Å². The summed E-state index contributed by atoms with van der Waals surface area (Å²) >= 11 is 11.8. The van der Waals surface area contributed by atoms with Gasteiger partial charge >= 0.3 is 0 Å². The smallest absolute Gasteiger partial charge is 0.257 e. The molecule has 5 heteroatoms.